The third-order valence-corrected chi connectivity index (χ3v) is 1.88. The van der Waals surface area contributed by atoms with Crippen LogP contribution in [0.1, 0.15) is 0 Å². The Bertz CT molecular complexity index is 535. The Labute approximate surface area is 83.2 Å². The summed E-state index contributed by atoms with van der Waals surface area (Å²) in [6, 6.07) is 0. The van der Waals surface area contributed by atoms with Crippen LogP contribution >= 0.6 is 0 Å². The Balaban J connectivity index is 2.83. The molecule has 0 amide bonds. The van der Waals surface area contributed by atoms with Crippen molar-refractivity contribution in [3.8, 4) is 5.88 Å². The maximum atomic E-state index is 10.7. The average Bonchev–Trinajstić information content (AvgIpc) is 2.59. The van der Waals surface area contributed by atoms with Crippen molar-refractivity contribution < 1.29 is 9.66 Å². The van der Waals surface area contributed by atoms with Crippen molar-refractivity contribution in [2.75, 3.05) is 12.8 Å². The number of ether oxygens (including phenoxy) is 1. The molecular weight excluding hydrogens is 202 g/mol. The minimum atomic E-state index is -0.541. The molecule has 0 aliphatic carbocycles. The number of nitrogens with one attached hydrogen (secondary N) is 1. The van der Waals surface area contributed by atoms with Crippen LogP contribution < -0.4 is 10.5 Å². The van der Waals surface area contributed by atoms with Crippen LogP contribution in [0.25, 0.3) is 11.0 Å². The van der Waals surface area contributed by atoms with E-state index in [9.17, 15) is 10.1 Å². The summed E-state index contributed by atoms with van der Waals surface area (Å²) in [4.78, 5) is 20.3. The number of rotatable bonds is 2. The fourth-order valence-electron chi connectivity index (χ4n) is 1.29. The van der Waals surface area contributed by atoms with Gasteiger partial charge in [-0.25, -0.2) is 0 Å². The number of methoxy groups -OCH3 is 1. The first-order valence-corrected chi connectivity index (χ1v) is 3.96. The van der Waals surface area contributed by atoms with E-state index in [1.165, 1.54) is 13.3 Å². The molecule has 2 rings (SSSR count). The van der Waals surface area contributed by atoms with Crippen molar-refractivity contribution >= 4 is 22.7 Å². The first kappa shape index (κ1) is 9.19. The molecule has 0 unspecified atom stereocenters. The lowest BCUT2D eigenvalue weighted by molar-refractivity contribution is -0.383. The number of anilines is 1. The van der Waals surface area contributed by atoms with Gasteiger partial charge in [-0.15, -0.1) is 0 Å². The van der Waals surface area contributed by atoms with Crippen LogP contribution in [-0.2, 0) is 0 Å². The topological polar surface area (TPSA) is 120 Å². The number of fused-ring (bicyclic) bond motifs is 1. The lowest BCUT2D eigenvalue weighted by Crippen LogP contribution is -1.99. The summed E-state index contributed by atoms with van der Waals surface area (Å²) < 4.78 is 4.90. The smallest absolute Gasteiger partial charge is 0.301 e. The summed E-state index contributed by atoms with van der Waals surface area (Å²) in [7, 11) is 1.36. The molecule has 2 heterocycles. The van der Waals surface area contributed by atoms with Crippen LogP contribution in [0.5, 0.6) is 5.88 Å². The Hall–Kier alpha value is -2.38. The lowest BCUT2D eigenvalue weighted by atomic mass is 10.3. The predicted molar refractivity (Wildman–Crippen MR) is 51.5 cm³/mol. The van der Waals surface area contributed by atoms with E-state index in [0.717, 1.165) is 0 Å². The zero-order valence-corrected chi connectivity index (χ0v) is 7.72. The standard InChI is InChI=1S/C7H7N5O3/c1-15-6-4-3(12(13)14)2-9-5(4)10-7(8)11-6/h2H,1H3,(H3,8,9,10,11). The molecule has 0 bridgehead atoms. The summed E-state index contributed by atoms with van der Waals surface area (Å²) >= 11 is 0. The van der Waals surface area contributed by atoms with E-state index in [1.54, 1.807) is 0 Å². The van der Waals surface area contributed by atoms with Crippen molar-refractivity contribution in [1.82, 2.24) is 15.0 Å². The molecule has 0 spiro atoms. The fourth-order valence-corrected chi connectivity index (χ4v) is 1.29. The molecule has 8 heteroatoms. The number of aromatic amines is 1. The largest absolute Gasteiger partial charge is 0.480 e. The van der Waals surface area contributed by atoms with E-state index in [1.807, 2.05) is 0 Å². The van der Waals surface area contributed by atoms with Gasteiger partial charge in [-0.2, -0.15) is 9.97 Å². The molecule has 0 aromatic carbocycles. The molecule has 3 N–H and O–H groups in total. The van der Waals surface area contributed by atoms with E-state index >= 15 is 0 Å². The van der Waals surface area contributed by atoms with Gasteiger partial charge in [-0.05, 0) is 0 Å². The number of hydrogen-bond donors (Lipinski definition) is 2. The van der Waals surface area contributed by atoms with E-state index < -0.39 is 4.92 Å². The average molecular weight is 209 g/mol. The summed E-state index contributed by atoms with van der Waals surface area (Å²) in [6.07, 6.45) is 1.22. The number of nitrogen functional groups attached to an aromatic ring is 1. The third kappa shape index (κ3) is 1.31. The highest BCUT2D eigenvalue weighted by molar-refractivity contribution is 5.91. The molecule has 0 fully saturated rings. The van der Waals surface area contributed by atoms with Crippen LogP contribution in [-0.4, -0.2) is 27.0 Å². The second kappa shape index (κ2) is 3.08. The van der Waals surface area contributed by atoms with Crippen LogP contribution in [0, 0.1) is 10.1 Å². The van der Waals surface area contributed by atoms with Gasteiger partial charge in [0, 0.05) is 0 Å². The lowest BCUT2D eigenvalue weighted by Gasteiger charge is -2.00. The zero-order chi connectivity index (χ0) is 11.0. The maximum Gasteiger partial charge on any atom is 0.301 e. The van der Waals surface area contributed by atoms with Crippen LogP contribution in [0.3, 0.4) is 0 Å². The van der Waals surface area contributed by atoms with Gasteiger partial charge >= 0.3 is 5.69 Å². The van der Waals surface area contributed by atoms with Crippen LogP contribution in [0.2, 0.25) is 0 Å². The second-order valence-corrected chi connectivity index (χ2v) is 2.75. The number of aromatic nitrogens is 3. The Morgan fingerprint density at radius 1 is 1.60 bits per heavy atom. The summed E-state index contributed by atoms with van der Waals surface area (Å²) in [5.41, 5.74) is 5.54. The zero-order valence-electron chi connectivity index (χ0n) is 7.72. The Kier molecular flexibility index (Phi) is 1.89. The molecule has 2 aromatic heterocycles. The summed E-state index contributed by atoms with van der Waals surface area (Å²) in [6.45, 7) is 0. The van der Waals surface area contributed by atoms with Gasteiger partial charge in [0.05, 0.1) is 18.2 Å². The maximum absolute atomic E-state index is 10.7. The van der Waals surface area contributed by atoms with Gasteiger partial charge in [-0.1, -0.05) is 0 Å². The minimum Gasteiger partial charge on any atom is -0.480 e. The highest BCUT2D eigenvalue weighted by Gasteiger charge is 2.21. The molecule has 0 saturated heterocycles. The molecule has 0 aliphatic rings. The molecule has 0 aliphatic heterocycles. The molecule has 0 radical (unpaired) electrons. The summed E-state index contributed by atoms with van der Waals surface area (Å²) in [5, 5.41) is 10.9. The SMILES string of the molecule is COc1nc(N)nc2[nH]cc([N+](=O)[O-])c12. The molecule has 78 valence electrons. The minimum absolute atomic E-state index is 0.00361. The number of nitrogens with two attached hydrogens (primary N) is 1. The number of hydrogen-bond acceptors (Lipinski definition) is 6. The first-order chi connectivity index (χ1) is 7.13. The Morgan fingerprint density at radius 2 is 2.33 bits per heavy atom. The second-order valence-electron chi connectivity index (χ2n) is 2.75. The van der Waals surface area contributed by atoms with Gasteiger partial charge in [0.25, 0.3) is 0 Å². The third-order valence-electron chi connectivity index (χ3n) is 1.88. The van der Waals surface area contributed by atoms with Gasteiger partial charge in [0.15, 0.2) is 11.0 Å². The molecule has 0 atom stereocenters. The predicted octanol–water partition coefficient (Wildman–Crippen LogP) is 0.457. The normalized spacial score (nSPS) is 10.5. The van der Waals surface area contributed by atoms with Crippen molar-refractivity contribution in [1.29, 1.82) is 0 Å². The highest BCUT2D eigenvalue weighted by atomic mass is 16.6. The highest BCUT2D eigenvalue weighted by Crippen LogP contribution is 2.31. The fraction of sp³-hybridized carbons (Fsp3) is 0.143. The quantitative estimate of drug-likeness (QED) is 0.547. The number of nitrogens with zero attached hydrogens (tertiary/aromatic N) is 3. The monoisotopic (exact) mass is 209 g/mol. The van der Waals surface area contributed by atoms with Gasteiger partial charge in [0.2, 0.25) is 11.8 Å². The van der Waals surface area contributed by atoms with E-state index in [-0.39, 0.29) is 28.5 Å². The van der Waals surface area contributed by atoms with Crippen LogP contribution in [0.4, 0.5) is 11.6 Å². The first-order valence-electron chi connectivity index (χ1n) is 3.96. The van der Waals surface area contributed by atoms with Gasteiger partial charge in [0.1, 0.15) is 0 Å². The van der Waals surface area contributed by atoms with Crippen molar-refractivity contribution in [3.05, 3.63) is 16.3 Å². The number of nitro groups is 1. The Morgan fingerprint density at radius 3 is 2.93 bits per heavy atom. The van der Waals surface area contributed by atoms with Gasteiger partial charge in [-0.3, -0.25) is 10.1 Å². The molecule has 8 nitrogen and oxygen atoms in total. The molecule has 15 heavy (non-hydrogen) atoms. The molecule has 0 saturated carbocycles. The summed E-state index contributed by atoms with van der Waals surface area (Å²) in [5.74, 6) is 0.0848. The molecular formula is C7H7N5O3. The van der Waals surface area contributed by atoms with Crippen molar-refractivity contribution in [2.24, 2.45) is 0 Å². The van der Waals surface area contributed by atoms with E-state index in [2.05, 4.69) is 15.0 Å². The van der Waals surface area contributed by atoms with E-state index in [4.69, 9.17) is 10.5 Å². The van der Waals surface area contributed by atoms with E-state index in [0.29, 0.717) is 0 Å². The van der Waals surface area contributed by atoms with Crippen molar-refractivity contribution in [3.63, 3.8) is 0 Å². The van der Waals surface area contributed by atoms with Crippen LogP contribution in [0.15, 0.2) is 6.20 Å². The molecule has 2 aromatic rings. The van der Waals surface area contributed by atoms with Gasteiger partial charge < -0.3 is 15.5 Å². The van der Waals surface area contributed by atoms with Crippen molar-refractivity contribution in [2.45, 2.75) is 0 Å². The number of H-pyrrole nitrogens is 1.